The van der Waals surface area contributed by atoms with E-state index in [0.717, 1.165) is 24.0 Å². The van der Waals surface area contributed by atoms with Crippen molar-refractivity contribution >= 4 is 57.8 Å². The van der Waals surface area contributed by atoms with E-state index in [1.807, 2.05) is 37.3 Å². The Morgan fingerprint density at radius 2 is 1.81 bits per heavy atom. The van der Waals surface area contributed by atoms with Crippen molar-refractivity contribution in [3.8, 4) is 0 Å². The summed E-state index contributed by atoms with van der Waals surface area (Å²) in [5.74, 6) is -1.39. The fourth-order valence-electron chi connectivity index (χ4n) is 3.23. The van der Waals surface area contributed by atoms with Gasteiger partial charge in [-0.15, -0.1) is 0 Å². The Morgan fingerprint density at radius 1 is 1.09 bits per heavy atom. The number of amides is 2. The minimum Gasteiger partial charge on any atom is -0.478 e. The fraction of sp³-hybridized carbons (Fsp3) is 0.250. The zero-order chi connectivity index (χ0) is 23.1. The Kier molecular flexibility index (Phi) is 8.19. The van der Waals surface area contributed by atoms with Crippen LogP contribution in [-0.2, 0) is 9.59 Å². The number of benzene rings is 2. The third-order valence-corrected chi connectivity index (χ3v) is 6.34. The van der Waals surface area contributed by atoms with Crippen LogP contribution in [0.15, 0.2) is 53.4 Å². The van der Waals surface area contributed by atoms with Crippen LogP contribution in [0.4, 0.5) is 5.69 Å². The molecule has 0 bridgehead atoms. The van der Waals surface area contributed by atoms with Crippen molar-refractivity contribution in [3.63, 3.8) is 0 Å². The molecule has 2 amide bonds. The summed E-state index contributed by atoms with van der Waals surface area (Å²) in [4.78, 5) is 38.3. The lowest BCUT2D eigenvalue weighted by atomic mass is 10.1. The molecule has 1 saturated heterocycles. The molecule has 0 radical (unpaired) electrons. The van der Waals surface area contributed by atoms with Gasteiger partial charge in [-0.25, -0.2) is 4.79 Å². The molecule has 0 aromatic heterocycles. The molecule has 0 aliphatic carbocycles. The van der Waals surface area contributed by atoms with E-state index in [0.29, 0.717) is 27.9 Å². The molecule has 8 heteroatoms. The number of unbranched alkanes of at least 4 members (excludes halogenated alkanes) is 2. The van der Waals surface area contributed by atoms with Crippen LogP contribution in [0.3, 0.4) is 0 Å². The zero-order valence-electron chi connectivity index (χ0n) is 17.7. The number of aromatic carboxylic acids is 1. The van der Waals surface area contributed by atoms with Crippen LogP contribution >= 0.6 is 24.0 Å². The number of carboxylic acid groups (broad SMARTS) is 1. The Hall–Kier alpha value is -2.97. The van der Waals surface area contributed by atoms with Gasteiger partial charge in [-0.3, -0.25) is 14.5 Å². The molecule has 1 aliphatic heterocycles. The first-order valence-electron chi connectivity index (χ1n) is 10.3. The number of anilines is 1. The number of rotatable bonds is 9. The standard InChI is InChI=1S/C24H24N2O4S2/c1-16-10-12-17(13-11-16)15-20-22(28)26(24(31)32-20)14-6-2-3-9-21(27)25-19-8-5-4-7-18(19)23(29)30/h4-5,7-8,10-13,15H,2-3,6,9,14H2,1H3,(H,25,27)(H,29,30)/b20-15-. The number of carbonyl (C=O) groups excluding carboxylic acids is 2. The summed E-state index contributed by atoms with van der Waals surface area (Å²) in [5, 5.41) is 11.8. The van der Waals surface area contributed by atoms with Crippen LogP contribution in [0.2, 0.25) is 0 Å². The van der Waals surface area contributed by atoms with Crippen molar-refractivity contribution in [1.29, 1.82) is 0 Å². The first kappa shape index (κ1) is 23.7. The molecule has 0 spiro atoms. The minimum absolute atomic E-state index is 0.0638. The van der Waals surface area contributed by atoms with Crippen LogP contribution in [0.25, 0.3) is 6.08 Å². The number of hydrogen-bond acceptors (Lipinski definition) is 5. The molecule has 0 saturated carbocycles. The molecule has 2 aromatic carbocycles. The van der Waals surface area contributed by atoms with Crippen molar-refractivity contribution in [2.75, 3.05) is 11.9 Å². The van der Waals surface area contributed by atoms with Gasteiger partial charge in [0.2, 0.25) is 5.91 Å². The van der Waals surface area contributed by atoms with Gasteiger partial charge in [0, 0.05) is 13.0 Å². The average molecular weight is 469 g/mol. The SMILES string of the molecule is Cc1ccc(/C=C2\SC(=S)N(CCCCCC(=O)Nc3ccccc3C(=O)O)C2=O)cc1. The summed E-state index contributed by atoms with van der Waals surface area (Å²) in [6, 6.07) is 14.3. The number of hydrogen-bond donors (Lipinski definition) is 2. The molecule has 6 nitrogen and oxygen atoms in total. The summed E-state index contributed by atoms with van der Waals surface area (Å²) in [6.07, 6.45) is 4.25. The lowest BCUT2D eigenvalue weighted by Gasteiger charge is -2.14. The van der Waals surface area contributed by atoms with Crippen molar-refractivity contribution in [1.82, 2.24) is 4.90 Å². The number of nitrogens with zero attached hydrogens (tertiary/aromatic N) is 1. The molecule has 1 aliphatic rings. The second-order valence-electron chi connectivity index (χ2n) is 7.45. The van der Waals surface area contributed by atoms with Gasteiger partial charge < -0.3 is 10.4 Å². The van der Waals surface area contributed by atoms with Crippen molar-refractivity contribution in [3.05, 3.63) is 70.1 Å². The van der Waals surface area contributed by atoms with Crippen LogP contribution in [0.1, 0.15) is 47.2 Å². The highest BCUT2D eigenvalue weighted by Gasteiger charge is 2.31. The molecule has 1 fully saturated rings. The van der Waals surface area contributed by atoms with Crippen LogP contribution < -0.4 is 5.32 Å². The van der Waals surface area contributed by atoms with E-state index < -0.39 is 5.97 Å². The monoisotopic (exact) mass is 468 g/mol. The number of aryl methyl sites for hydroxylation is 1. The molecular formula is C24H24N2O4S2. The number of thiocarbonyl (C=S) groups is 1. The molecule has 166 valence electrons. The van der Waals surface area contributed by atoms with Crippen LogP contribution in [-0.4, -0.2) is 38.7 Å². The summed E-state index contributed by atoms with van der Waals surface area (Å²) in [5.41, 5.74) is 2.48. The van der Waals surface area contributed by atoms with Gasteiger partial charge in [-0.05, 0) is 43.5 Å². The van der Waals surface area contributed by atoms with E-state index in [1.165, 1.54) is 17.8 Å². The molecule has 1 heterocycles. The Morgan fingerprint density at radius 3 is 2.53 bits per heavy atom. The molecule has 2 N–H and O–H groups in total. The van der Waals surface area contributed by atoms with Crippen molar-refractivity contribution < 1.29 is 19.5 Å². The molecular weight excluding hydrogens is 444 g/mol. The van der Waals surface area contributed by atoms with Gasteiger partial charge in [0.15, 0.2) is 0 Å². The highest BCUT2D eigenvalue weighted by molar-refractivity contribution is 8.26. The highest BCUT2D eigenvalue weighted by atomic mass is 32.2. The smallest absolute Gasteiger partial charge is 0.337 e. The number of nitrogens with one attached hydrogen (secondary N) is 1. The zero-order valence-corrected chi connectivity index (χ0v) is 19.3. The highest BCUT2D eigenvalue weighted by Crippen LogP contribution is 2.32. The molecule has 0 unspecified atom stereocenters. The summed E-state index contributed by atoms with van der Waals surface area (Å²) < 4.78 is 0.552. The number of thioether (sulfide) groups is 1. The third-order valence-electron chi connectivity index (χ3n) is 4.97. The Balaban J connectivity index is 1.43. The third kappa shape index (κ3) is 6.27. The van der Waals surface area contributed by atoms with Gasteiger partial charge in [0.05, 0.1) is 16.2 Å². The normalized spacial score (nSPS) is 14.8. The van der Waals surface area contributed by atoms with Crippen LogP contribution in [0, 0.1) is 6.92 Å². The quantitative estimate of drug-likeness (QED) is 0.303. The first-order chi connectivity index (χ1) is 15.3. The number of carbonyl (C=O) groups is 3. The molecule has 2 aromatic rings. The van der Waals surface area contributed by atoms with E-state index in [-0.39, 0.29) is 23.8 Å². The first-order valence-corrected chi connectivity index (χ1v) is 11.5. The summed E-state index contributed by atoms with van der Waals surface area (Å²) >= 11 is 6.68. The topological polar surface area (TPSA) is 86.7 Å². The predicted octanol–water partition coefficient (Wildman–Crippen LogP) is 5.09. The van der Waals surface area contributed by atoms with Crippen molar-refractivity contribution in [2.45, 2.75) is 32.6 Å². The van der Waals surface area contributed by atoms with Gasteiger partial charge in [-0.2, -0.15) is 0 Å². The maximum Gasteiger partial charge on any atom is 0.337 e. The van der Waals surface area contributed by atoms with E-state index in [9.17, 15) is 19.5 Å². The second kappa shape index (κ2) is 11.1. The van der Waals surface area contributed by atoms with E-state index in [2.05, 4.69) is 5.32 Å². The Bertz CT molecular complexity index is 1060. The predicted molar refractivity (Wildman–Crippen MR) is 132 cm³/mol. The van der Waals surface area contributed by atoms with Crippen molar-refractivity contribution in [2.24, 2.45) is 0 Å². The maximum absolute atomic E-state index is 12.7. The van der Waals surface area contributed by atoms with Gasteiger partial charge in [0.25, 0.3) is 5.91 Å². The molecule has 0 atom stereocenters. The van der Waals surface area contributed by atoms with Crippen LogP contribution in [0.5, 0.6) is 0 Å². The Labute approximate surface area is 196 Å². The lowest BCUT2D eigenvalue weighted by Crippen LogP contribution is -2.29. The fourth-order valence-corrected chi connectivity index (χ4v) is 4.54. The van der Waals surface area contributed by atoms with Gasteiger partial charge in [-0.1, -0.05) is 72.4 Å². The van der Waals surface area contributed by atoms with Gasteiger partial charge >= 0.3 is 5.97 Å². The van der Waals surface area contributed by atoms with E-state index >= 15 is 0 Å². The largest absolute Gasteiger partial charge is 0.478 e. The van der Waals surface area contributed by atoms with E-state index in [4.69, 9.17) is 12.2 Å². The molecule has 3 rings (SSSR count). The second-order valence-corrected chi connectivity index (χ2v) is 9.13. The summed E-state index contributed by atoms with van der Waals surface area (Å²) in [6.45, 7) is 2.53. The molecule has 32 heavy (non-hydrogen) atoms. The minimum atomic E-state index is -1.08. The lowest BCUT2D eigenvalue weighted by molar-refractivity contribution is -0.122. The van der Waals surface area contributed by atoms with Gasteiger partial charge in [0.1, 0.15) is 4.32 Å². The average Bonchev–Trinajstić information content (AvgIpc) is 3.02. The maximum atomic E-state index is 12.7. The van der Waals surface area contributed by atoms with E-state index in [1.54, 1.807) is 23.1 Å². The number of para-hydroxylation sites is 1. The number of carboxylic acids is 1. The summed E-state index contributed by atoms with van der Waals surface area (Å²) in [7, 11) is 0.